The lowest BCUT2D eigenvalue weighted by molar-refractivity contribution is 0.100. The van der Waals surface area contributed by atoms with Crippen molar-refractivity contribution in [1.29, 1.82) is 0 Å². The summed E-state index contributed by atoms with van der Waals surface area (Å²) in [6.07, 6.45) is 2.58. The van der Waals surface area contributed by atoms with Crippen LogP contribution >= 0.6 is 0 Å². The first kappa shape index (κ1) is 13.8. The molecule has 2 aromatic rings. The molecule has 21 heavy (non-hydrogen) atoms. The maximum atomic E-state index is 11.8. The second-order valence-corrected chi connectivity index (χ2v) is 5.78. The Morgan fingerprint density at radius 1 is 1.38 bits per heavy atom. The molecule has 0 aliphatic carbocycles. The molecule has 0 spiro atoms. The van der Waals surface area contributed by atoms with Gasteiger partial charge in [0.25, 0.3) is 5.91 Å². The van der Waals surface area contributed by atoms with Crippen LogP contribution in [0.5, 0.6) is 0 Å². The zero-order chi connectivity index (χ0) is 15.0. The smallest absolute Gasteiger partial charge is 0.252 e. The lowest BCUT2D eigenvalue weighted by atomic mass is 9.93. The lowest BCUT2D eigenvalue weighted by Crippen LogP contribution is -2.48. The van der Waals surface area contributed by atoms with Gasteiger partial charge in [0.05, 0.1) is 16.8 Å². The van der Waals surface area contributed by atoms with Crippen molar-refractivity contribution in [3.8, 4) is 0 Å². The van der Waals surface area contributed by atoms with Crippen LogP contribution in [0.3, 0.4) is 0 Å². The predicted molar refractivity (Wildman–Crippen MR) is 84.2 cm³/mol. The van der Waals surface area contributed by atoms with Gasteiger partial charge in [0.1, 0.15) is 0 Å². The van der Waals surface area contributed by atoms with Crippen molar-refractivity contribution in [2.24, 2.45) is 17.4 Å². The fourth-order valence-corrected chi connectivity index (χ4v) is 2.95. The molecular formula is C16H20N4O. The first-order valence-electron chi connectivity index (χ1n) is 7.26. The maximum absolute atomic E-state index is 11.8. The average molecular weight is 284 g/mol. The average Bonchev–Trinajstić information content (AvgIpc) is 2.49. The van der Waals surface area contributed by atoms with Crippen LogP contribution in [-0.4, -0.2) is 30.0 Å². The van der Waals surface area contributed by atoms with Gasteiger partial charge in [0.2, 0.25) is 0 Å². The van der Waals surface area contributed by atoms with Crippen molar-refractivity contribution in [3.05, 3.63) is 36.0 Å². The Balaban J connectivity index is 2.14. The molecule has 0 radical (unpaired) electrons. The zero-order valence-corrected chi connectivity index (χ0v) is 12.1. The lowest BCUT2D eigenvalue weighted by Gasteiger charge is -2.37. The van der Waals surface area contributed by atoms with Crippen LogP contribution in [-0.2, 0) is 0 Å². The number of nitrogens with two attached hydrogens (primary N) is 2. The van der Waals surface area contributed by atoms with Crippen molar-refractivity contribution < 1.29 is 4.79 Å². The summed E-state index contributed by atoms with van der Waals surface area (Å²) in [6.45, 7) is 3.78. The van der Waals surface area contributed by atoms with Gasteiger partial charge in [0.15, 0.2) is 0 Å². The number of primary amides is 1. The summed E-state index contributed by atoms with van der Waals surface area (Å²) >= 11 is 0. The number of aromatic nitrogens is 1. The van der Waals surface area contributed by atoms with Gasteiger partial charge in [-0.15, -0.1) is 0 Å². The van der Waals surface area contributed by atoms with Crippen molar-refractivity contribution in [1.82, 2.24) is 4.98 Å². The summed E-state index contributed by atoms with van der Waals surface area (Å²) in [4.78, 5) is 18.3. The van der Waals surface area contributed by atoms with Crippen LogP contribution in [0.2, 0.25) is 0 Å². The number of carbonyl (C=O) groups excluding carboxylic acids is 1. The number of amides is 1. The van der Waals surface area contributed by atoms with E-state index in [0.29, 0.717) is 11.5 Å². The zero-order valence-electron chi connectivity index (χ0n) is 12.1. The molecule has 2 heterocycles. The maximum Gasteiger partial charge on any atom is 0.252 e. The van der Waals surface area contributed by atoms with Crippen molar-refractivity contribution >= 4 is 22.5 Å². The van der Waals surface area contributed by atoms with E-state index in [1.807, 2.05) is 24.3 Å². The van der Waals surface area contributed by atoms with Gasteiger partial charge in [-0.1, -0.05) is 25.1 Å². The SMILES string of the molecule is CC1CCN(c2c(C(N)=O)cnc3ccccc23)CC1N. The molecule has 1 aromatic heterocycles. The summed E-state index contributed by atoms with van der Waals surface area (Å²) < 4.78 is 0. The number of piperidine rings is 1. The summed E-state index contributed by atoms with van der Waals surface area (Å²) in [5, 5.41) is 0.954. The summed E-state index contributed by atoms with van der Waals surface area (Å²) in [7, 11) is 0. The standard InChI is InChI=1S/C16H20N4O/c1-10-6-7-20(9-13(10)17)15-11-4-2-3-5-14(11)19-8-12(15)16(18)21/h2-5,8,10,13H,6-7,9,17H2,1H3,(H2,18,21). The molecule has 5 heteroatoms. The minimum absolute atomic E-state index is 0.103. The fraction of sp³-hybridized carbons (Fsp3) is 0.375. The highest BCUT2D eigenvalue weighted by molar-refractivity contribution is 6.06. The third kappa shape index (κ3) is 2.45. The van der Waals surface area contributed by atoms with Crippen LogP contribution in [0.15, 0.2) is 30.5 Å². The Labute approximate surface area is 123 Å². The topological polar surface area (TPSA) is 85.2 Å². The predicted octanol–water partition coefficient (Wildman–Crippen LogP) is 1.51. The van der Waals surface area contributed by atoms with Crippen molar-refractivity contribution in [2.45, 2.75) is 19.4 Å². The number of pyridine rings is 1. The highest BCUT2D eigenvalue weighted by Gasteiger charge is 2.27. The summed E-state index contributed by atoms with van der Waals surface area (Å²) in [5.74, 6) is 0.0434. The molecule has 2 unspecified atom stereocenters. The van der Waals surface area contributed by atoms with Crippen LogP contribution in [0.25, 0.3) is 10.9 Å². The van der Waals surface area contributed by atoms with E-state index in [-0.39, 0.29) is 6.04 Å². The number of hydrogen-bond donors (Lipinski definition) is 2. The number of fused-ring (bicyclic) bond motifs is 1. The molecule has 0 bridgehead atoms. The van der Waals surface area contributed by atoms with E-state index >= 15 is 0 Å². The monoisotopic (exact) mass is 284 g/mol. The number of rotatable bonds is 2. The Kier molecular flexibility index (Phi) is 3.51. The van der Waals surface area contributed by atoms with Gasteiger partial charge in [-0.2, -0.15) is 0 Å². The Hall–Kier alpha value is -2.14. The van der Waals surface area contributed by atoms with E-state index in [1.54, 1.807) is 6.20 Å². The molecule has 1 saturated heterocycles. The van der Waals surface area contributed by atoms with Gasteiger partial charge in [0, 0.05) is 30.7 Å². The van der Waals surface area contributed by atoms with E-state index in [4.69, 9.17) is 11.5 Å². The number of para-hydroxylation sites is 1. The van der Waals surface area contributed by atoms with Gasteiger partial charge >= 0.3 is 0 Å². The molecule has 1 aliphatic rings. The van der Waals surface area contributed by atoms with E-state index in [2.05, 4.69) is 16.8 Å². The van der Waals surface area contributed by atoms with E-state index in [1.165, 1.54) is 0 Å². The van der Waals surface area contributed by atoms with Crippen molar-refractivity contribution in [3.63, 3.8) is 0 Å². The molecule has 3 rings (SSSR count). The van der Waals surface area contributed by atoms with E-state index in [0.717, 1.165) is 36.1 Å². The number of anilines is 1. The number of benzene rings is 1. The first-order chi connectivity index (χ1) is 10.1. The van der Waals surface area contributed by atoms with Crippen LogP contribution in [0, 0.1) is 5.92 Å². The van der Waals surface area contributed by atoms with E-state index in [9.17, 15) is 4.79 Å². The van der Waals surface area contributed by atoms with E-state index < -0.39 is 5.91 Å². The van der Waals surface area contributed by atoms with Gasteiger partial charge < -0.3 is 16.4 Å². The fourth-order valence-electron chi connectivity index (χ4n) is 2.95. The van der Waals surface area contributed by atoms with Gasteiger partial charge in [-0.25, -0.2) is 0 Å². The summed E-state index contributed by atoms with van der Waals surface area (Å²) in [5.41, 5.74) is 13.9. The molecule has 1 amide bonds. The number of nitrogens with zero attached hydrogens (tertiary/aromatic N) is 2. The quantitative estimate of drug-likeness (QED) is 0.875. The second-order valence-electron chi connectivity index (χ2n) is 5.78. The molecule has 1 aromatic carbocycles. The summed E-state index contributed by atoms with van der Waals surface area (Å²) in [6, 6.07) is 7.91. The highest BCUT2D eigenvalue weighted by Crippen LogP contribution is 2.32. The molecule has 4 N–H and O–H groups in total. The first-order valence-corrected chi connectivity index (χ1v) is 7.26. The Bertz CT molecular complexity index is 685. The Morgan fingerprint density at radius 2 is 2.14 bits per heavy atom. The molecule has 0 saturated carbocycles. The van der Waals surface area contributed by atoms with Crippen molar-refractivity contribution in [2.75, 3.05) is 18.0 Å². The molecule has 1 aliphatic heterocycles. The molecule has 2 atom stereocenters. The highest BCUT2D eigenvalue weighted by atomic mass is 16.1. The molecule has 5 nitrogen and oxygen atoms in total. The Morgan fingerprint density at radius 3 is 2.86 bits per heavy atom. The largest absolute Gasteiger partial charge is 0.369 e. The second kappa shape index (κ2) is 5.33. The number of hydrogen-bond acceptors (Lipinski definition) is 4. The van der Waals surface area contributed by atoms with Crippen LogP contribution in [0.1, 0.15) is 23.7 Å². The van der Waals surface area contributed by atoms with Crippen LogP contribution in [0.4, 0.5) is 5.69 Å². The van der Waals surface area contributed by atoms with Gasteiger partial charge in [-0.3, -0.25) is 9.78 Å². The third-order valence-corrected chi connectivity index (χ3v) is 4.35. The molecule has 1 fully saturated rings. The van der Waals surface area contributed by atoms with Gasteiger partial charge in [-0.05, 0) is 18.4 Å². The minimum atomic E-state index is -0.449. The normalized spacial score (nSPS) is 22.5. The van der Waals surface area contributed by atoms with Crippen LogP contribution < -0.4 is 16.4 Å². The minimum Gasteiger partial charge on any atom is -0.369 e. The number of carbonyl (C=O) groups is 1. The third-order valence-electron chi connectivity index (χ3n) is 4.35. The molecular weight excluding hydrogens is 264 g/mol. The molecule has 110 valence electrons.